The summed E-state index contributed by atoms with van der Waals surface area (Å²) in [5, 5.41) is 7.74. The van der Waals surface area contributed by atoms with E-state index >= 15 is 0 Å². The Hall–Kier alpha value is -1.22. The van der Waals surface area contributed by atoms with Gasteiger partial charge in [-0.2, -0.15) is 4.31 Å². The lowest BCUT2D eigenvalue weighted by molar-refractivity contribution is 0.398. The van der Waals surface area contributed by atoms with E-state index in [4.69, 9.17) is 17.3 Å². The molecule has 0 aliphatic rings. The molecule has 1 atom stereocenters. The molecule has 0 aliphatic carbocycles. The molecule has 0 saturated heterocycles. The second-order valence-electron chi connectivity index (χ2n) is 4.12. The van der Waals surface area contributed by atoms with Gasteiger partial charge in [0.2, 0.25) is 9.47 Å². The van der Waals surface area contributed by atoms with Gasteiger partial charge in [-0.1, -0.05) is 41.1 Å². The van der Waals surface area contributed by atoms with Crippen molar-refractivity contribution in [1.29, 1.82) is 0 Å². The molecular weight excluding hydrogens is 320 g/mol. The van der Waals surface area contributed by atoms with Gasteiger partial charge in [0, 0.05) is 18.1 Å². The van der Waals surface area contributed by atoms with Gasteiger partial charge in [0.1, 0.15) is 0 Å². The minimum atomic E-state index is -3.74. The standard InChI is InChI=1S/C11H13ClN4O2S2/c1-7(8-5-3-4-6-9(8)12)16(2)20(17,18)11-15-14-10(13)19-11/h3-7H,1-2H3,(H2,13,14). The van der Waals surface area contributed by atoms with Crippen LogP contribution in [0.4, 0.5) is 5.13 Å². The van der Waals surface area contributed by atoms with Crippen LogP contribution in [0.15, 0.2) is 28.6 Å². The van der Waals surface area contributed by atoms with E-state index in [1.165, 1.54) is 11.4 Å². The molecule has 0 fully saturated rings. The van der Waals surface area contributed by atoms with Crippen molar-refractivity contribution in [2.24, 2.45) is 0 Å². The van der Waals surface area contributed by atoms with Crippen LogP contribution in [-0.2, 0) is 10.0 Å². The third kappa shape index (κ3) is 2.78. The molecule has 1 heterocycles. The van der Waals surface area contributed by atoms with E-state index in [9.17, 15) is 8.42 Å². The Kier molecular flexibility index (Phi) is 4.28. The molecule has 1 unspecified atom stereocenters. The van der Waals surface area contributed by atoms with E-state index in [1.54, 1.807) is 31.2 Å². The number of benzene rings is 1. The molecule has 2 N–H and O–H groups in total. The van der Waals surface area contributed by atoms with Gasteiger partial charge in [0.05, 0.1) is 0 Å². The topological polar surface area (TPSA) is 89.2 Å². The lowest BCUT2D eigenvalue weighted by Crippen LogP contribution is -2.30. The zero-order valence-electron chi connectivity index (χ0n) is 10.8. The summed E-state index contributed by atoms with van der Waals surface area (Å²) in [6, 6.07) is 6.67. The first-order valence-electron chi connectivity index (χ1n) is 5.65. The quantitative estimate of drug-likeness (QED) is 0.926. The fourth-order valence-electron chi connectivity index (χ4n) is 1.67. The summed E-state index contributed by atoms with van der Waals surface area (Å²) in [7, 11) is -2.27. The van der Waals surface area contributed by atoms with Crippen LogP contribution < -0.4 is 5.73 Å². The molecule has 0 spiro atoms. The van der Waals surface area contributed by atoms with Gasteiger partial charge < -0.3 is 5.73 Å². The molecule has 2 rings (SSSR count). The number of nitrogens with zero attached hydrogens (tertiary/aromatic N) is 3. The van der Waals surface area contributed by atoms with Gasteiger partial charge in [-0.15, -0.1) is 10.2 Å². The molecule has 20 heavy (non-hydrogen) atoms. The molecule has 9 heteroatoms. The summed E-state index contributed by atoms with van der Waals surface area (Å²) in [5.74, 6) is 0. The first-order chi connectivity index (χ1) is 9.34. The Morgan fingerprint density at radius 3 is 2.55 bits per heavy atom. The van der Waals surface area contributed by atoms with Crippen LogP contribution in [0.5, 0.6) is 0 Å². The lowest BCUT2D eigenvalue weighted by atomic mass is 10.1. The number of halogens is 1. The smallest absolute Gasteiger partial charge is 0.272 e. The average molecular weight is 333 g/mol. The van der Waals surface area contributed by atoms with Crippen molar-refractivity contribution in [3.8, 4) is 0 Å². The third-order valence-corrected chi connectivity index (χ3v) is 6.29. The molecule has 0 saturated carbocycles. The molecule has 0 aliphatic heterocycles. The second-order valence-corrected chi connectivity index (χ2v) is 7.71. The van der Waals surface area contributed by atoms with Crippen molar-refractivity contribution >= 4 is 38.1 Å². The number of rotatable bonds is 4. The highest BCUT2D eigenvalue weighted by Gasteiger charge is 2.30. The third-order valence-electron chi connectivity index (χ3n) is 2.92. The predicted octanol–water partition coefficient (Wildman–Crippen LogP) is 2.16. The fourth-order valence-corrected chi connectivity index (χ4v) is 4.25. The summed E-state index contributed by atoms with van der Waals surface area (Å²) < 4.78 is 25.9. The maximum Gasteiger partial charge on any atom is 0.272 e. The van der Waals surface area contributed by atoms with Crippen molar-refractivity contribution in [3.05, 3.63) is 34.9 Å². The van der Waals surface area contributed by atoms with Crippen molar-refractivity contribution in [1.82, 2.24) is 14.5 Å². The Balaban J connectivity index is 2.36. The van der Waals surface area contributed by atoms with Crippen molar-refractivity contribution in [3.63, 3.8) is 0 Å². The zero-order chi connectivity index (χ0) is 14.9. The molecule has 0 radical (unpaired) electrons. The van der Waals surface area contributed by atoms with Crippen molar-refractivity contribution in [2.45, 2.75) is 17.3 Å². The largest absolute Gasteiger partial charge is 0.374 e. The van der Waals surface area contributed by atoms with E-state index < -0.39 is 16.1 Å². The first-order valence-corrected chi connectivity index (χ1v) is 8.29. The summed E-state index contributed by atoms with van der Waals surface area (Å²) in [5.41, 5.74) is 6.15. The Morgan fingerprint density at radius 1 is 1.35 bits per heavy atom. The molecule has 2 aromatic rings. The zero-order valence-corrected chi connectivity index (χ0v) is 13.2. The maximum absolute atomic E-state index is 12.4. The molecule has 108 valence electrons. The van der Waals surface area contributed by atoms with Gasteiger partial charge >= 0.3 is 0 Å². The molecule has 0 bridgehead atoms. The van der Waals surface area contributed by atoms with E-state index in [0.29, 0.717) is 5.02 Å². The fraction of sp³-hybridized carbons (Fsp3) is 0.273. The van der Waals surface area contributed by atoms with Crippen LogP contribution in [0.1, 0.15) is 18.5 Å². The van der Waals surface area contributed by atoms with Crippen LogP contribution in [0.3, 0.4) is 0 Å². The maximum atomic E-state index is 12.4. The first kappa shape index (κ1) is 15.2. The number of aromatic nitrogens is 2. The van der Waals surface area contributed by atoms with Crippen LogP contribution in [-0.4, -0.2) is 30.0 Å². The van der Waals surface area contributed by atoms with Crippen LogP contribution in [0.2, 0.25) is 5.02 Å². The lowest BCUT2D eigenvalue weighted by Gasteiger charge is -2.23. The Morgan fingerprint density at radius 2 is 2.00 bits per heavy atom. The van der Waals surface area contributed by atoms with Crippen molar-refractivity contribution in [2.75, 3.05) is 12.8 Å². The number of hydrogen-bond donors (Lipinski definition) is 1. The number of hydrogen-bond acceptors (Lipinski definition) is 6. The van der Waals surface area contributed by atoms with Gasteiger partial charge in [-0.05, 0) is 18.6 Å². The van der Waals surface area contributed by atoms with Gasteiger partial charge in [0.25, 0.3) is 10.0 Å². The van der Waals surface area contributed by atoms with Crippen LogP contribution in [0.25, 0.3) is 0 Å². The van der Waals surface area contributed by atoms with Crippen LogP contribution >= 0.6 is 22.9 Å². The van der Waals surface area contributed by atoms with Crippen LogP contribution in [0, 0.1) is 0 Å². The average Bonchev–Trinajstić information content (AvgIpc) is 2.85. The van der Waals surface area contributed by atoms with Gasteiger partial charge in [-0.3, -0.25) is 0 Å². The molecule has 1 aromatic carbocycles. The summed E-state index contributed by atoms with van der Waals surface area (Å²) in [4.78, 5) is 0. The summed E-state index contributed by atoms with van der Waals surface area (Å²) in [6.07, 6.45) is 0. The number of anilines is 1. The predicted molar refractivity (Wildman–Crippen MR) is 79.1 cm³/mol. The Bertz CT molecular complexity index is 717. The normalized spacial score (nSPS) is 13.6. The van der Waals surface area contributed by atoms with E-state index in [1.807, 2.05) is 0 Å². The second kappa shape index (κ2) is 5.65. The summed E-state index contributed by atoms with van der Waals surface area (Å²) in [6.45, 7) is 1.75. The molecule has 1 aromatic heterocycles. The number of nitrogens with two attached hydrogens (primary N) is 1. The molecular formula is C11H13ClN4O2S2. The van der Waals surface area contributed by atoms with Gasteiger partial charge in [-0.25, -0.2) is 8.42 Å². The monoisotopic (exact) mass is 332 g/mol. The minimum absolute atomic E-state index is 0.113. The highest BCUT2D eigenvalue weighted by molar-refractivity contribution is 7.91. The van der Waals surface area contributed by atoms with Gasteiger partial charge in [0.15, 0.2) is 0 Å². The Labute approximate surface area is 126 Å². The van der Waals surface area contributed by atoms with Crippen molar-refractivity contribution < 1.29 is 8.42 Å². The highest BCUT2D eigenvalue weighted by Crippen LogP contribution is 2.31. The SMILES string of the molecule is CC(c1ccccc1Cl)N(C)S(=O)(=O)c1nnc(N)s1. The van der Waals surface area contributed by atoms with E-state index in [2.05, 4.69) is 10.2 Å². The minimum Gasteiger partial charge on any atom is -0.374 e. The highest BCUT2D eigenvalue weighted by atomic mass is 35.5. The number of nitrogen functional groups attached to an aromatic ring is 1. The van der Waals surface area contributed by atoms with E-state index in [-0.39, 0.29) is 9.47 Å². The number of sulfonamides is 1. The summed E-state index contributed by atoms with van der Waals surface area (Å²) >= 11 is 6.93. The molecule has 0 amide bonds. The van der Waals surface area contributed by atoms with E-state index in [0.717, 1.165) is 16.9 Å². The molecule has 6 nitrogen and oxygen atoms in total.